The van der Waals surface area contributed by atoms with E-state index in [-0.39, 0.29) is 0 Å². The number of hydrogen-bond acceptors (Lipinski definition) is 1. The molecule has 0 saturated heterocycles. The minimum Gasteiger partial charge on any atom is -0.481 e. The number of aliphatic carboxylic acids is 1. The molecular weight excluding hydrogens is 176 g/mol. The zero-order valence-corrected chi connectivity index (χ0v) is 8.71. The van der Waals surface area contributed by atoms with Crippen molar-refractivity contribution in [3.05, 3.63) is 34.9 Å². The first kappa shape index (κ1) is 10.8. The largest absolute Gasteiger partial charge is 0.481 e. The predicted octanol–water partition coefficient (Wildman–Crippen LogP) is 2.57. The van der Waals surface area contributed by atoms with Gasteiger partial charge in [-0.05, 0) is 37.3 Å². The molecule has 0 saturated carbocycles. The molecule has 2 rings (SSSR count). The van der Waals surface area contributed by atoms with Crippen LogP contribution in [0.1, 0.15) is 30.0 Å². The van der Waals surface area contributed by atoms with Gasteiger partial charge in [0.25, 0.3) is 5.97 Å². The van der Waals surface area contributed by atoms with Gasteiger partial charge in [0.1, 0.15) is 0 Å². The van der Waals surface area contributed by atoms with Crippen LogP contribution < -0.4 is 0 Å². The summed E-state index contributed by atoms with van der Waals surface area (Å²) in [5, 5.41) is 7.42. The summed E-state index contributed by atoms with van der Waals surface area (Å²) >= 11 is 0. The molecule has 0 fully saturated rings. The molecule has 2 heteroatoms. The summed E-state index contributed by atoms with van der Waals surface area (Å²) in [4.78, 5) is 9.00. The standard InChI is InChI=1S/C10H12.C2H4O2/c1-8-5-6-9-3-2-4-10(9)7-8;1-2(3)4/h5-7H,2-4H2,1H3;1H3,(H,3,4). The van der Waals surface area contributed by atoms with Crippen molar-refractivity contribution >= 4 is 5.97 Å². The van der Waals surface area contributed by atoms with E-state index in [0.29, 0.717) is 0 Å². The number of aryl methyl sites for hydroxylation is 3. The summed E-state index contributed by atoms with van der Waals surface area (Å²) in [6.07, 6.45) is 3.96. The van der Waals surface area contributed by atoms with Crippen LogP contribution >= 0.6 is 0 Å². The Balaban J connectivity index is 0.000000213. The quantitative estimate of drug-likeness (QED) is 0.686. The van der Waals surface area contributed by atoms with Crippen molar-refractivity contribution in [3.63, 3.8) is 0 Å². The first-order valence-electron chi connectivity index (χ1n) is 4.87. The molecule has 0 atom stereocenters. The summed E-state index contributed by atoms with van der Waals surface area (Å²) in [5.74, 6) is -0.833. The van der Waals surface area contributed by atoms with E-state index >= 15 is 0 Å². The van der Waals surface area contributed by atoms with E-state index in [0.717, 1.165) is 6.92 Å². The first-order chi connectivity index (χ1) is 6.59. The summed E-state index contributed by atoms with van der Waals surface area (Å²) < 4.78 is 0. The Morgan fingerprint density at radius 1 is 1.29 bits per heavy atom. The second-order valence-electron chi connectivity index (χ2n) is 3.64. The Kier molecular flexibility index (Phi) is 3.69. The number of carbonyl (C=O) groups is 1. The molecule has 0 bridgehead atoms. The second-order valence-corrected chi connectivity index (χ2v) is 3.64. The van der Waals surface area contributed by atoms with E-state index < -0.39 is 5.97 Å². The molecule has 0 aliphatic heterocycles. The van der Waals surface area contributed by atoms with Crippen molar-refractivity contribution in [3.8, 4) is 0 Å². The van der Waals surface area contributed by atoms with Crippen LogP contribution in [0.4, 0.5) is 0 Å². The Morgan fingerprint density at radius 2 is 1.86 bits per heavy atom. The van der Waals surface area contributed by atoms with Gasteiger partial charge in [-0.2, -0.15) is 0 Å². The van der Waals surface area contributed by atoms with E-state index in [4.69, 9.17) is 9.90 Å². The fourth-order valence-electron chi connectivity index (χ4n) is 1.70. The Bertz CT molecular complexity index is 325. The smallest absolute Gasteiger partial charge is 0.300 e. The highest BCUT2D eigenvalue weighted by Gasteiger charge is 2.08. The average Bonchev–Trinajstić information content (AvgIpc) is 2.49. The summed E-state index contributed by atoms with van der Waals surface area (Å²) in [5.41, 5.74) is 4.56. The number of hydrogen-bond donors (Lipinski definition) is 1. The maximum atomic E-state index is 9.00. The third kappa shape index (κ3) is 3.21. The highest BCUT2D eigenvalue weighted by atomic mass is 16.4. The normalized spacial score (nSPS) is 12.7. The fourth-order valence-corrected chi connectivity index (χ4v) is 1.70. The van der Waals surface area contributed by atoms with Gasteiger partial charge in [-0.15, -0.1) is 0 Å². The lowest BCUT2D eigenvalue weighted by molar-refractivity contribution is -0.134. The molecule has 1 aromatic rings. The Morgan fingerprint density at radius 3 is 2.50 bits per heavy atom. The van der Waals surface area contributed by atoms with Gasteiger partial charge in [-0.3, -0.25) is 4.79 Å². The lowest BCUT2D eigenvalue weighted by Gasteiger charge is -1.98. The van der Waals surface area contributed by atoms with Gasteiger partial charge in [0.2, 0.25) is 0 Å². The van der Waals surface area contributed by atoms with Crippen molar-refractivity contribution in [2.45, 2.75) is 33.1 Å². The zero-order chi connectivity index (χ0) is 10.6. The van der Waals surface area contributed by atoms with E-state index in [1.165, 1.54) is 24.8 Å². The van der Waals surface area contributed by atoms with Crippen LogP contribution in [0, 0.1) is 6.92 Å². The average molecular weight is 192 g/mol. The molecule has 14 heavy (non-hydrogen) atoms. The molecule has 0 aromatic heterocycles. The molecule has 1 N–H and O–H groups in total. The van der Waals surface area contributed by atoms with Gasteiger partial charge in [0.15, 0.2) is 0 Å². The van der Waals surface area contributed by atoms with Gasteiger partial charge in [0.05, 0.1) is 0 Å². The first-order valence-corrected chi connectivity index (χ1v) is 4.87. The van der Waals surface area contributed by atoms with Gasteiger partial charge in [0, 0.05) is 6.92 Å². The fraction of sp³-hybridized carbons (Fsp3) is 0.417. The van der Waals surface area contributed by atoms with Crippen molar-refractivity contribution in [2.75, 3.05) is 0 Å². The second kappa shape index (κ2) is 4.80. The number of carboxylic acids is 1. The Labute approximate surface area is 84.6 Å². The SMILES string of the molecule is CC(=O)O.Cc1ccc2c(c1)CCC2. The molecule has 2 nitrogen and oxygen atoms in total. The van der Waals surface area contributed by atoms with Crippen molar-refractivity contribution in [1.29, 1.82) is 0 Å². The number of benzene rings is 1. The molecular formula is C12H16O2. The van der Waals surface area contributed by atoms with Crippen LogP contribution in [0.15, 0.2) is 18.2 Å². The van der Waals surface area contributed by atoms with Crippen LogP contribution in [0.5, 0.6) is 0 Å². The molecule has 1 aromatic carbocycles. The van der Waals surface area contributed by atoms with E-state index in [1.54, 1.807) is 11.1 Å². The highest BCUT2D eigenvalue weighted by molar-refractivity contribution is 5.62. The Hall–Kier alpha value is -1.31. The van der Waals surface area contributed by atoms with Crippen LogP contribution in [-0.2, 0) is 17.6 Å². The van der Waals surface area contributed by atoms with Crippen molar-refractivity contribution in [2.24, 2.45) is 0 Å². The van der Waals surface area contributed by atoms with Crippen LogP contribution in [0.25, 0.3) is 0 Å². The van der Waals surface area contributed by atoms with E-state index in [1.807, 2.05) is 0 Å². The molecule has 1 aliphatic rings. The number of fused-ring (bicyclic) bond motifs is 1. The maximum absolute atomic E-state index is 9.00. The lowest BCUT2D eigenvalue weighted by atomic mass is 10.1. The molecule has 1 aliphatic carbocycles. The van der Waals surface area contributed by atoms with E-state index in [9.17, 15) is 0 Å². The molecule has 0 spiro atoms. The van der Waals surface area contributed by atoms with E-state index in [2.05, 4.69) is 25.1 Å². The molecule has 0 unspecified atom stereocenters. The number of carboxylic acid groups (broad SMARTS) is 1. The third-order valence-corrected chi connectivity index (χ3v) is 2.25. The molecule has 0 radical (unpaired) electrons. The summed E-state index contributed by atoms with van der Waals surface area (Å²) in [7, 11) is 0. The third-order valence-electron chi connectivity index (χ3n) is 2.25. The number of rotatable bonds is 0. The van der Waals surface area contributed by atoms with Gasteiger partial charge >= 0.3 is 0 Å². The van der Waals surface area contributed by atoms with Gasteiger partial charge < -0.3 is 5.11 Å². The molecule has 0 heterocycles. The maximum Gasteiger partial charge on any atom is 0.300 e. The molecule has 76 valence electrons. The highest BCUT2D eigenvalue weighted by Crippen LogP contribution is 2.22. The van der Waals surface area contributed by atoms with Crippen LogP contribution in [0.3, 0.4) is 0 Å². The van der Waals surface area contributed by atoms with Gasteiger partial charge in [-0.1, -0.05) is 23.8 Å². The topological polar surface area (TPSA) is 37.3 Å². The van der Waals surface area contributed by atoms with Crippen LogP contribution in [-0.4, -0.2) is 11.1 Å². The predicted molar refractivity (Wildman–Crippen MR) is 56.5 cm³/mol. The summed E-state index contributed by atoms with van der Waals surface area (Å²) in [6.45, 7) is 3.25. The minimum atomic E-state index is -0.833. The zero-order valence-electron chi connectivity index (χ0n) is 8.71. The monoisotopic (exact) mass is 192 g/mol. The lowest BCUT2D eigenvalue weighted by Crippen LogP contribution is -1.81. The van der Waals surface area contributed by atoms with Crippen molar-refractivity contribution in [1.82, 2.24) is 0 Å². The molecule has 0 amide bonds. The van der Waals surface area contributed by atoms with Crippen LogP contribution in [0.2, 0.25) is 0 Å². The van der Waals surface area contributed by atoms with Gasteiger partial charge in [-0.25, -0.2) is 0 Å². The minimum absolute atomic E-state index is 0.833. The summed E-state index contributed by atoms with van der Waals surface area (Å²) in [6, 6.07) is 6.81. The van der Waals surface area contributed by atoms with Crippen molar-refractivity contribution < 1.29 is 9.90 Å².